The van der Waals surface area contributed by atoms with Gasteiger partial charge in [0, 0.05) is 11.8 Å². The zero-order valence-electron chi connectivity index (χ0n) is 17.5. The molecule has 3 aromatic carbocycles. The average Bonchev–Trinajstić information content (AvgIpc) is 3.36. The van der Waals surface area contributed by atoms with Crippen LogP contribution in [0.25, 0.3) is 23.1 Å². The quantitative estimate of drug-likeness (QED) is 0.369. The Balaban J connectivity index is 1.23. The second-order valence-electron chi connectivity index (χ2n) is 7.50. The molecular weight excluding hydrogens is 396 g/mol. The number of nitrogens with one attached hydrogen (secondary N) is 1. The maximum Gasteiger partial charge on any atom is 0.137 e. The normalized spacial score (nSPS) is 11.2. The Hall–Kier alpha value is -4.25. The number of rotatable bonds is 7. The number of hydrogen-bond donors (Lipinski definition) is 1. The van der Waals surface area contributed by atoms with Crippen LogP contribution in [0.3, 0.4) is 0 Å². The van der Waals surface area contributed by atoms with E-state index in [1.54, 1.807) is 0 Å². The summed E-state index contributed by atoms with van der Waals surface area (Å²) < 4.78 is 6.04. The number of pyridine rings is 1. The summed E-state index contributed by atoms with van der Waals surface area (Å²) >= 11 is 0. The molecule has 0 aliphatic rings. The van der Waals surface area contributed by atoms with Crippen LogP contribution in [0, 0.1) is 0 Å². The Kier molecular flexibility index (Phi) is 5.70. The molecule has 156 valence electrons. The summed E-state index contributed by atoms with van der Waals surface area (Å²) in [5.74, 6) is 1.68. The van der Waals surface area contributed by atoms with E-state index in [1.165, 1.54) is 11.9 Å². The van der Waals surface area contributed by atoms with E-state index in [0.717, 1.165) is 39.3 Å². The van der Waals surface area contributed by atoms with Crippen molar-refractivity contribution >= 4 is 23.1 Å². The largest absolute Gasteiger partial charge is 0.489 e. The second-order valence-corrected chi connectivity index (χ2v) is 7.50. The van der Waals surface area contributed by atoms with Crippen LogP contribution < -0.4 is 4.74 Å². The minimum absolute atomic E-state index is 0.501. The number of aromatic amines is 1. The van der Waals surface area contributed by atoms with Gasteiger partial charge in [0.15, 0.2) is 0 Å². The first-order chi connectivity index (χ1) is 15.8. The Morgan fingerprint density at radius 1 is 0.781 bits per heavy atom. The average molecular weight is 419 g/mol. The number of fused-ring (bicyclic) bond motifs is 1. The first-order valence-electron chi connectivity index (χ1n) is 10.5. The molecule has 32 heavy (non-hydrogen) atoms. The van der Waals surface area contributed by atoms with Gasteiger partial charge in [-0.2, -0.15) is 5.10 Å². The van der Waals surface area contributed by atoms with Gasteiger partial charge in [-0.15, -0.1) is 0 Å². The van der Waals surface area contributed by atoms with Crippen LogP contribution in [0.4, 0.5) is 0 Å². The molecule has 1 N–H and O–H groups in total. The Morgan fingerprint density at radius 3 is 2.44 bits per heavy atom. The molecule has 0 atom stereocenters. The van der Waals surface area contributed by atoms with Crippen molar-refractivity contribution in [1.29, 1.82) is 0 Å². The summed E-state index contributed by atoms with van der Waals surface area (Å²) in [6.45, 7) is 0.501. The highest BCUT2D eigenvalue weighted by molar-refractivity contribution is 5.80. The van der Waals surface area contributed by atoms with E-state index in [2.05, 4.69) is 50.5 Å². The highest BCUT2D eigenvalue weighted by atomic mass is 16.5. The van der Waals surface area contributed by atoms with Crippen molar-refractivity contribution in [3.8, 4) is 5.75 Å². The van der Waals surface area contributed by atoms with E-state index >= 15 is 0 Å². The lowest BCUT2D eigenvalue weighted by Gasteiger charge is -2.10. The molecule has 0 spiro atoms. The highest BCUT2D eigenvalue weighted by Crippen LogP contribution is 2.19. The first kappa shape index (κ1) is 19.7. The minimum atomic E-state index is 0.501. The summed E-state index contributed by atoms with van der Waals surface area (Å²) in [6, 6.07) is 28.6. The van der Waals surface area contributed by atoms with E-state index in [-0.39, 0.29) is 0 Å². The number of nitrogens with zero attached hydrogens (tertiary/aromatic N) is 3. The van der Waals surface area contributed by atoms with E-state index in [1.807, 2.05) is 66.7 Å². The Morgan fingerprint density at radius 2 is 1.59 bits per heavy atom. The molecule has 0 bridgehead atoms. The fourth-order valence-electron chi connectivity index (χ4n) is 3.56. The molecule has 0 fully saturated rings. The first-order valence-corrected chi connectivity index (χ1v) is 10.5. The molecule has 5 heteroatoms. The van der Waals surface area contributed by atoms with Gasteiger partial charge in [0.05, 0.1) is 11.2 Å². The third kappa shape index (κ3) is 4.73. The summed E-state index contributed by atoms with van der Waals surface area (Å²) in [7, 11) is 0. The molecule has 0 amide bonds. The molecule has 0 saturated carbocycles. The van der Waals surface area contributed by atoms with Gasteiger partial charge in [0.1, 0.15) is 24.5 Å². The molecule has 2 aromatic heterocycles. The van der Waals surface area contributed by atoms with Crippen molar-refractivity contribution in [3.05, 3.63) is 119 Å². The van der Waals surface area contributed by atoms with Gasteiger partial charge in [-0.05, 0) is 47.0 Å². The zero-order valence-corrected chi connectivity index (χ0v) is 17.5. The molecule has 5 aromatic rings. The van der Waals surface area contributed by atoms with Crippen molar-refractivity contribution in [2.24, 2.45) is 0 Å². The van der Waals surface area contributed by atoms with Gasteiger partial charge < -0.3 is 4.74 Å². The smallest absolute Gasteiger partial charge is 0.137 e. The lowest BCUT2D eigenvalue weighted by atomic mass is 10.1. The van der Waals surface area contributed by atoms with Crippen molar-refractivity contribution in [2.75, 3.05) is 0 Å². The van der Waals surface area contributed by atoms with Crippen molar-refractivity contribution < 1.29 is 4.74 Å². The predicted octanol–water partition coefficient (Wildman–Crippen LogP) is 5.69. The standard InChI is InChI=1S/C27H22N4O/c1-2-7-23(22(6-1)17-27-28-19-29-31-27)18-32-25-15-10-20(11-16-25)9-13-24-14-12-21-5-3-4-8-26(21)30-24/h1-16,19H,17-18H2,(H,28,29,31)/b13-9+. The van der Waals surface area contributed by atoms with Crippen LogP contribution in [0.5, 0.6) is 5.75 Å². The Labute approximate surface area is 186 Å². The molecule has 0 unspecified atom stereocenters. The SMILES string of the molecule is C(=C\c1ccc2ccccc2n1)/c1ccc(OCc2ccccc2Cc2ncn[nH]2)cc1. The summed E-state index contributed by atoms with van der Waals surface area (Å²) in [5, 5.41) is 7.98. The molecule has 5 nitrogen and oxygen atoms in total. The number of H-pyrrole nitrogens is 1. The zero-order chi connectivity index (χ0) is 21.6. The van der Waals surface area contributed by atoms with Crippen LogP contribution >= 0.6 is 0 Å². The van der Waals surface area contributed by atoms with Gasteiger partial charge >= 0.3 is 0 Å². The monoisotopic (exact) mass is 418 g/mol. The number of benzene rings is 3. The predicted molar refractivity (Wildman–Crippen MR) is 127 cm³/mol. The van der Waals surface area contributed by atoms with Gasteiger partial charge in [0.2, 0.25) is 0 Å². The number of aromatic nitrogens is 4. The van der Waals surface area contributed by atoms with Crippen LogP contribution in [0.2, 0.25) is 0 Å². The highest BCUT2D eigenvalue weighted by Gasteiger charge is 2.06. The summed E-state index contributed by atoms with van der Waals surface area (Å²) in [5.41, 5.74) is 5.34. The van der Waals surface area contributed by atoms with Crippen LogP contribution in [0.15, 0.2) is 91.3 Å². The molecule has 0 saturated heterocycles. The molecule has 5 rings (SSSR count). The molecular formula is C27H22N4O. The van der Waals surface area contributed by atoms with E-state index < -0.39 is 0 Å². The third-order valence-corrected chi connectivity index (χ3v) is 5.28. The maximum absolute atomic E-state index is 6.04. The van der Waals surface area contributed by atoms with Gasteiger partial charge in [-0.1, -0.05) is 66.7 Å². The molecule has 2 heterocycles. The fourth-order valence-corrected chi connectivity index (χ4v) is 3.56. The second kappa shape index (κ2) is 9.27. The number of ether oxygens (including phenoxy) is 1. The molecule has 0 aliphatic carbocycles. The van der Waals surface area contributed by atoms with E-state index in [0.29, 0.717) is 13.0 Å². The van der Waals surface area contributed by atoms with Gasteiger partial charge in [-0.3, -0.25) is 5.10 Å². The minimum Gasteiger partial charge on any atom is -0.489 e. The number of para-hydroxylation sites is 1. The third-order valence-electron chi connectivity index (χ3n) is 5.28. The number of hydrogen-bond acceptors (Lipinski definition) is 4. The summed E-state index contributed by atoms with van der Waals surface area (Å²) in [6.07, 6.45) is 6.32. The lowest BCUT2D eigenvalue weighted by molar-refractivity contribution is 0.305. The Bertz CT molecular complexity index is 1340. The van der Waals surface area contributed by atoms with E-state index in [9.17, 15) is 0 Å². The van der Waals surface area contributed by atoms with Crippen LogP contribution in [-0.2, 0) is 13.0 Å². The van der Waals surface area contributed by atoms with Gasteiger partial charge in [-0.25, -0.2) is 9.97 Å². The lowest BCUT2D eigenvalue weighted by Crippen LogP contribution is -2.02. The topological polar surface area (TPSA) is 63.7 Å². The maximum atomic E-state index is 6.04. The van der Waals surface area contributed by atoms with Crippen molar-refractivity contribution in [1.82, 2.24) is 20.2 Å². The van der Waals surface area contributed by atoms with Gasteiger partial charge in [0.25, 0.3) is 0 Å². The summed E-state index contributed by atoms with van der Waals surface area (Å²) in [4.78, 5) is 8.90. The van der Waals surface area contributed by atoms with Crippen LogP contribution in [-0.4, -0.2) is 20.2 Å². The fraction of sp³-hybridized carbons (Fsp3) is 0.0741. The van der Waals surface area contributed by atoms with Crippen LogP contribution in [0.1, 0.15) is 28.2 Å². The van der Waals surface area contributed by atoms with Crippen molar-refractivity contribution in [2.45, 2.75) is 13.0 Å². The van der Waals surface area contributed by atoms with Crippen molar-refractivity contribution in [3.63, 3.8) is 0 Å². The van der Waals surface area contributed by atoms with E-state index in [4.69, 9.17) is 4.74 Å². The molecule has 0 radical (unpaired) electrons. The molecule has 0 aliphatic heterocycles.